The molecule has 162 valence electrons. The van der Waals surface area contributed by atoms with Crippen LogP contribution in [0.25, 0.3) is 0 Å². The Morgan fingerprint density at radius 2 is 1.75 bits per heavy atom. The van der Waals surface area contributed by atoms with E-state index in [2.05, 4.69) is 10.6 Å². The van der Waals surface area contributed by atoms with Gasteiger partial charge < -0.3 is 15.4 Å². The molecule has 2 aliphatic rings. The molecule has 5 nitrogen and oxygen atoms in total. The van der Waals surface area contributed by atoms with E-state index in [1.54, 1.807) is 30.3 Å². The zero-order valence-electron chi connectivity index (χ0n) is 17.0. The lowest BCUT2D eigenvalue weighted by atomic mass is 9.78. The molecular formula is C24H19Cl2N3O2S. The molecule has 0 saturated carbocycles. The smallest absolute Gasteiger partial charge is 0.236 e. The number of fused-ring (bicyclic) bond motifs is 4. The van der Waals surface area contributed by atoms with Gasteiger partial charge >= 0.3 is 0 Å². The van der Waals surface area contributed by atoms with Crippen LogP contribution in [0.3, 0.4) is 0 Å². The molecule has 8 heteroatoms. The molecule has 2 bridgehead atoms. The number of nitrogens with one attached hydrogen (secondary N) is 2. The highest BCUT2D eigenvalue weighted by Gasteiger charge is 2.59. The Morgan fingerprint density at radius 1 is 1.06 bits per heavy atom. The molecule has 3 atom stereocenters. The fraction of sp³-hybridized carbons (Fsp3) is 0.167. The van der Waals surface area contributed by atoms with Crippen molar-refractivity contribution < 1.29 is 9.53 Å². The topological polar surface area (TPSA) is 53.6 Å². The zero-order chi connectivity index (χ0) is 22.5. The first-order chi connectivity index (χ1) is 15.4. The molecule has 0 radical (unpaired) electrons. The van der Waals surface area contributed by atoms with Crippen molar-refractivity contribution in [2.45, 2.75) is 18.7 Å². The monoisotopic (exact) mass is 483 g/mol. The molecule has 5 rings (SSSR count). The minimum absolute atomic E-state index is 0.207. The SMILES string of the molecule is C[C@]12Oc3ccc(Cl)cc3[C@H](NC(=S)N1c1ccccc1)[C@@H]2C(=O)Nc1ccc(Cl)cc1. The molecular weight excluding hydrogens is 465 g/mol. The van der Waals surface area contributed by atoms with Crippen LogP contribution in [0.5, 0.6) is 5.75 Å². The van der Waals surface area contributed by atoms with Crippen LogP contribution in [0.2, 0.25) is 10.0 Å². The number of para-hydroxylation sites is 1. The molecule has 1 amide bonds. The van der Waals surface area contributed by atoms with Crippen LogP contribution in [0.1, 0.15) is 18.5 Å². The van der Waals surface area contributed by atoms with E-state index in [1.165, 1.54) is 0 Å². The third-order valence-electron chi connectivity index (χ3n) is 5.87. The van der Waals surface area contributed by atoms with E-state index >= 15 is 0 Å². The van der Waals surface area contributed by atoms with Crippen molar-refractivity contribution in [3.8, 4) is 5.75 Å². The summed E-state index contributed by atoms with van der Waals surface area (Å²) < 4.78 is 6.53. The summed E-state index contributed by atoms with van der Waals surface area (Å²) in [4.78, 5) is 15.5. The van der Waals surface area contributed by atoms with E-state index in [9.17, 15) is 4.79 Å². The molecule has 2 heterocycles. The van der Waals surface area contributed by atoms with Gasteiger partial charge in [0.1, 0.15) is 11.7 Å². The largest absolute Gasteiger partial charge is 0.467 e. The van der Waals surface area contributed by atoms with Crippen molar-refractivity contribution in [1.82, 2.24) is 5.32 Å². The van der Waals surface area contributed by atoms with Crippen molar-refractivity contribution in [2.75, 3.05) is 10.2 Å². The molecule has 2 aliphatic heterocycles. The van der Waals surface area contributed by atoms with Crippen molar-refractivity contribution in [3.63, 3.8) is 0 Å². The predicted octanol–water partition coefficient (Wildman–Crippen LogP) is 5.79. The zero-order valence-corrected chi connectivity index (χ0v) is 19.3. The number of ether oxygens (including phenoxy) is 1. The lowest BCUT2D eigenvalue weighted by Crippen LogP contribution is -2.72. The van der Waals surface area contributed by atoms with Crippen molar-refractivity contribution >= 4 is 57.8 Å². The van der Waals surface area contributed by atoms with Gasteiger partial charge in [-0.15, -0.1) is 0 Å². The summed E-state index contributed by atoms with van der Waals surface area (Å²) in [5.74, 6) is -0.189. The first kappa shape index (κ1) is 21.1. The maximum absolute atomic E-state index is 13.7. The summed E-state index contributed by atoms with van der Waals surface area (Å²) in [6, 6.07) is 21.7. The second-order valence-electron chi connectivity index (χ2n) is 7.91. The van der Waals surface area contributed by atoms with Gasteiger partial charge in [0.05, 0.1) is 6.04 Å². The van der Waals surface area contributed by atoms with E-state index in [1.807, 2.05) is 54.3 Å². The van der Waals surface area contributed by atoms with Crippen LogP contribution in [0.15, 0.2) is 72.8 Å². The van der Waals surface area contributed by atoms with Gasteiger partial charge in [-0.05, 0) is 73.7 Å². The summed E-state index contributed by atoms with van der Waals surface area (Å²) in [5.41, 5.74) is 1.19. The van der Waals surface area contributed by atoms with Gasteiger partial charge in [-0.3, -0.25) is 9.69 Å². The normalized spacial score (nSPS) is 23.6. The summed E-state index contributed by atoms with van der Waals surface area (Å²) in [6.07, 6.45) is 0. The molecule has 0 unspecified atom stereocenters. The maximum atomic E-state index is 13.7. The Hall–Kier alpha value is -2.80. The van der Waals surface area contributed by atoms with Crippen LogP contribution >= 0.6 is 35.4 Å². The van der Waals surface area contributed by atoms with Gasteiger partial charge in [0.25, 0.3) is 0 Å². The van der Waals surface area contributed by atoms with Crippen molar-refractivity contribution in [1.29, 1.82) is 0 Å². The van der Waals surface area contributed by atoms with Crippen LogP contribution in [-0.2, 0) is 4.79 Å². The second-order valence-corrected chi connectivity index (χ2v) is 9.17. The van der Waals surface area contributed by atoms with Gasteiger partial charge in [0.15, 0.2) is 10.8 Å². The number of halogens is 2. The molecule has 1 saturated heterocycles. The van der Waals surface area contributed by atoms with Crippen molar-refractivity contribution in [3.05, 3.63) is 88.4 Å². The van der Waals surface area contributed by atoms with E-state index in [-0.39, 0.29) is 5.91 Å². The Bertz CT molecular complexity index is 1210. The van der Waals surface area contributed by atoms with Gasteiger partial charge in [0, 0.05) is 27.0 Å². The highest BCUT2D eigenvalue weighted by molar-refractivity contribution is 7.80. The average Bonchev–Trinajstić information content (AvgIpc) is 2.76. The van der Waals surface area contributed by atoms with Gasteiger partial charge in [-0.25, -0.2) is 0 Å². The summed E-state index contributed by atoms with van der Waals surface area (Å²) in [6.45, 7) is 1.89. The van der Waals surface area contributed by atoms with E-state index < -0.39 is 17.7 Å². The number of hydrogen-bond donors (Lipinski definition) is 2. The summed E-state index contributed by atoms with van der Waals surface area (Å²) >= 11 is 18.0. The minimum atomic E-state index is -1.08. The number of thiocarbonyl (C=S) groups is 1. The van der Waals surface area contributed by atoms with Gasteiger partial charge in [0.2, 0.25) is 5.91 Å². The standard InChI is InChI=1S/C24H19Cl2N3O2S/c1-24-20(22(30)27-16-10-7-14(25)8-11-16)21(18-13-15(26)9-12-19(18)31-24)28-23(32)29(24)17-5-3-2-4-6-17/h2-13,20-21H,1H3,(H,27,30)(H,28,32)/t20-,21+,24-/m1/s1. The summed E-state index contributed by atoms with van der Waals surface area (Å²) in [5, 5.41) is 8.01. The second kappa shape index (κ2) is 7.96. The number of amides is 1. The highest BCUT2D eigenvalue weighted by atomic mass is 35.5. The van der Waals surface area contributed by atoms with Crippen LogP contribution in [0.4, 0.5) is 11.4 Å². The van der Waals surface area contributed by atoms with E-state index in [0.29, 0.717) is 26.6 Å². The Morgan fingerprint density at radius 3 is 2.47 bits per heavy atom. The molecule has 1 fully saturated rings. The fourth-order valence-electron chi connectivity index (χ4n) is 4.47. The maximum Gasteiger partial charge on any atom is 0.236 e. The number of carbonyl (C=O) groups excluding carboxylic acids is 1. The lowest BCUT2D eigenvalue weighted by molar-refractivity contribution is -0.130. The molecule has 3 aromatic carbocycles. The Labute approximate surface area is 201 Å². The molecule has 0 aromatic heterocycles. The average molecular weight is 484 g/mol. The quantitative estimate of drug-likeness (QED) is 0.461. The van der Waals surface area contributed by atoms with Crippen molar-refractivity contribution in [2.24, 2.45) is 5.92 Å². The number of benzene rings is 3. The predicted molar refractivity (Wildman–Crippen MR) is 131 cm³/mol. The van der Waals surface area contributed by atoms with E-state index in [0.717, 1.165) is 11.3 Å². The van der Waals surface area contributed by atoms with E-state index in [4.69, 9.17) is 40.2 Å². The first-order valence-electron chi connectivity index (χ1n) is 10.1. The number of hydrogen-bond acceptors (Lipinski definition) is 3. The van der Waals surface area contributed by atoms with Gasteiger partial charge in [-0.1, -0.05) is 41.4 Å². The Balaban J connectivity index is 1.62. The number of carbonyl (C=O) groups is 1. The third-order valence-corrected chi connectivity index (χ3v) is 6.66. The first-order valence-corrected chi connectivity index (χ1v) is 11.2. The van der Waals surface area contributed by atoms with Crippen LogP contribution < -0.4 is 20.3 Å². The van der Waals surface area contributed by atoms with Gasteiger partial charge in [-0.2, -0.15) is 0 Å². The number of rotatable bonds is 3. The molecule has 2 N–H and O–H groups in total. The third kappa shape index (κ3) is 3.48. The molecule has 3 aromatic rings. The fourth-order valence-corrected chi connectivity index (χ4v) is 5.19. The number of nitrogens with zero attached hydrogens (tertiary/aromatic N) is 1. The number of anilines is 2. The molecule has 0 aliphatic carbocycles. The van der Waals surface area contributed by atoms with Crippen LogP contribution in [-0.4, -0.2) is 16.7 Å². The highest BCUT2D eigenvalue weighted by Crippen LogP contribution is 2.50. The van der Waals surface area contributed by atoms with Crippen LogP contribution in [0, 0.1) is 5.92 Å². The molecule has 32 heavy (non-hydrogen) atoms. The Kier molecular flexibility index (Phi) is 5.24. The lowest BCUT2D eigenvalue weighted by Gasteiger charge is -2.56. The molecule has 0 spiro atoms. The minimum Gasteiger partial charge on any atom is -0.467 e. The summed E-state index contributed by atoms with van der Waals surface area (Å²) in [7, 11) is 0.